The minimum absolute atomic E-state index is 0.176. The summed E-state index contributed by atoms with van der Waals surface area (Å²) in [6.45, 7) is 2.22. The number of methoxy groups -OCH3 is 1. The summed E-state index contributed by atoms with van der Waals surface area (Å²) in [5.41, 5.74) is -0.604. The smallest absolute Gasteiger partial charge is 0.374 e. The monoisotopic (exact) mass is 343 g/mol. The molecule has 0 saturated carbocycles. The number of carbonyl (C=O) groups is 1. The number of thiophene rings is 1. The first kappa shape index (κ1) is 17.5. The Bertz CT molecular complexity index is 665. The van der Waals surface area contributed by atoms with Crippen LogP contribution in [0.1, 0.15) is 31.8 Å². The lowest BCUT2D eigenvalue weighted by atomic mass is 10.1. The van der Waals surface area contributed by atoms with Crippen LogP contribution in [0.25, 0.3) is 0 Å². The molecule has 2 aromatic rings. The Kier molecular flexibility index (Phi) is 5.43. The second kappa shape index (κ2) is 7.14. The highest BCUT2D eigenvalue weighted by Crippen LogP contribution is 2.29. The second-order valence-corrected chi connectivity index (χ2v) is 6.28. The Balaban J connectivity index is 1.98. The maximum absolute atomic E-state index is 12.5. The summed E-state index contributed by atoms with van der Waals surface area (Å²) in [7, 11) is 1.55. The topological polar surface area (TPSA) is 38.3 Å². The van der Waals surface area contributed by atoms with Gasteiger partial charge in [-0.15, -0.1) is 11.3 Å². The zero-order valence-electron chi connectivity index (χ0n) is 12.6. The zero-order valence-corrected chi connectivity index (χ0v) is 13.4. The molecule has 0 spiro atoms. The number of hydrogen-bond donors (Lipinski definition) is 1. The van der Waals surface area contributed by atoms with Gasteiger partial charge in [0, 0.05) is 29.0 Å². The first-order valence-corrected chi connectivity index (χ1v) is 7.67. The minimum atomic E-state index is -4.41. The molecule has 1 N–H and O–H groups in total. The van der Waals surface area contributed by atoms with Crippen LogP contribution in [0.15, 0.2) is 36.4 Å². The Hall–Kier alpha value is -1.86. The number of amides is 1. The molecule has 1 atom stereocenters. The van der Waals surface area contributed by atoms with E-state index in [0.717, 1.165) is 34.0 Å². The third-order valence-corrected chi connectivity index (χ3v) is 4.38. The highest BCUT2D eigenvalue weighted by Gasteiger charge is 2.30. The third-order valence-electron chi connectivity index (χ3n) is 3.29. The molecule has 124 valence electrons. The van der Waals surface area contributed by atoms with Crippen LogP contribution in [-0.2, 0) is 10.9 Å². The summed E-state index contributed by atoms with van der Waals surface area (Å²) in [6.07, 6.45) is -4.69. The lowest BCUT2D eigenvalue weighted by Gasteiger charge is -2.15. The van der Waals surface area contributed by atoms with Gasteiger partial charge in [-0.05, 0) is 43.3 Å². The van der Waals surface area contributed by atoms with Crippen molar-refractivity contribution >= 4 is 17.2 Å². The van der Waals surface area contributed by atoms with Crippen molar-refractivity contribution in [2.75, 3.05) is 13.7 Å². The van der Waals surface area contributed by atoms with E-state index in [1.807, 2.05) is 19.1 Å². The van der Waals surface area contributed by atoms with E-state index in [2.05, 4.69) is 5.32 Å². The quantitative estimate of drug-likeness (QED) is 0.884. The molecule has 0 aliphatic rings. The van der Waals surface area contributed by atoms with Crippen molar-refractivity contribution in [1.29, 1.82) is 0 Å². The van der Waals surface area contributed by atoms with Gasteiger partial charge in [0.1, 0.15) is 6.10 Å². The Morgan fingerprint density at radius 1 is 1.22 bits per heavy atom. The molecule has 1 aromatic heterocycles. The van der Waals surface area contributed by atoms with E-state index in [4.69, 9.17) is 4.74 Å². The van der Waals surface area contributed by atoms with Gasteiger partial charge in [-0.3, -0.25) is 4.79 Å². The first-order valence-electron chi connectivity index (χ1n) is 6.86. The van der Waals surface area contributed by atoms with Gasteiger partial charge in [0.15, 0.2) is 0 Å². The summed E-state index contributed by atoms with van der Waals surface area (Å²) in [5.74, 6) is -0.436. The van der Waals surface area contributed by atoms with E-state index >= 15 is 0 Å². The number of nitrogens with one attached hydrogen (secondary N) is 1. The average Bonchev–Trinajstić information content (AvgIpc) is 2.93. The largest absolute Gasteiger partial charge is 0.416 e. The molecule has 1 unspecified atom stereocenters. The van der Waals surface area contributed by atoms with E-state index < -0.39 is 17.6 Å². The summed E-state index contributed by atoms with van der Waals surface area (Å²) in [5, 5.41) is 2.68. The van der Waals surface area contributed by atoms with E-state index in [-0.39, 0.29) is 18.2 Å². The van der Waals surface area contributed by atoms with Crippen LogP contribution in [0.4, 0.5) is 13.2 Å². The highest BCUT2D eigenvalue weighted by molar-refractivity contribution is 7.12. The lowest BCUT2D eigenvalue weighted by Crippen LogP contribution is -2.28. The van der Waals surface area contributed by atoms with Gasteiger partial charge >= 0.3 is 6.18 Å². The molecule has 1 heterocycles. The molecule has 0 saturated heterocycles. The van der Waals surface area contributed by atoms with Gasteiger partial charge in [0.05, 0.1) is 5.56 Å². The SMILES string of the molecule is COC(CNC(=O)c1ccc(C(F)(F)F)cc1)c1ccc(C)s1. The molecule has 0 fully saturated rings. The van der Waals surface area contributed by atoms with Crippen LogP contribution in [0, 0.1) is 6.92 Å². The van der Waals surface area contributed by atoms with E-state index in [1.165, 1.54) is 0 Å². The molecule has 3 nitrogen and oxygen atoms in total. The van der Waals surface area contributed by atoms with Gasteiger partial charge in [0.2, 0.25) is 0 Å². The van der Waals surface area contributed by atoms with Crippen molar-refractivity contribution in [2.24, 2.45) is 0 Å². The fraction of sp³-hybridized carbons (Fsp3) is 0.312. The summed E-state index contributed by atoms with van der Waals surface area (Å²) >= 11 is 1.57. The minimum Gasteiger partial charge on any atom is -0.374 e. The summed E-state index contributed by atoms with van der Waals surface area (Å²) in [6, 6.07) is 8.00. The second-order valence-electron chi connectivity index (χ2n) is 4.96. The van der Waals surface area contributed by atoms with E-state index in [0.29, 0.717) is 0 Å². The number of benzene rings is 1. The number of carbonyl (C=O) groups excluding carboxylic acids is 1. The standard InChI is InChI=1S/C16H16F3NO2S/c1-10-3-8-14(23-10)13(22-2)9-20-15(21)11-4-6-12(7-5-11)16(17,18)19/h3-8,13H,9H2,1-2H3,(H,20,21). The molecule has 23 heavy (non-hydrogen) atoms. The van der Waals surface area contributed by atoms with E-state index in [1.54, 1.807) is 18.4 Å². The van der Waals surface area contributed by atoms with Crippen molar-refractivity contribution in [2.45, 2.75) is 19.2 Å². The Morgan fingerprint density at radius 2 is 1.87 bits per heavy atom. The summed E-state index contributed by atoms with van der Waals surface area (Å²) < 4.78 is 42.8. The normalized spacial score (nSPS) is 12.9. The molecule has 0 bridgehead atoms. The predicted molar refractivity (Wildman–Crippen MR) is 82.6 cm³/mol. The number of halogens is 3. The van der Waals surface area contributed by atoms with Crippen LogP contribution in [0.5, 0.6) is 0 Å². The maximum atomic E-state index is 12.5. The van der Waals surface area contributed by atoms with Crippen LogP contribution in [-0.4, -0.2) is 19.6 Å². The van der Waals surface area contributed by atoms with Gasteiger partial charge in [0.25, 0.3) is 5.91 Å². The average molecular weight is 343 g/mol. The molecule has 0 radical (unpaired) electrons. The maximum Gasteiger partial charge on any atom is 0.416 e. The Labute approximate surface area is 136 Å². The van der Waals surface area contributed by atoms with E-state index in [9.17, 15) is 18.0 Å². The summed E-state index contributed by atoms with van der Waals surface area (Å²) in [4.78, 5) is 14.1. The molecule has 2 rings (SSSR count). The predicted octanol–water partition coefficient (Wildman–Crippen LogP) is 4.19. The fourth-order valence-electron chi connectivity index (χ4n) is 2.02. The van der Waals surface area contributed by atoms with Crippen molar-refractivity contribution in [3.05, 3.63) is 57.3 Å². The van der Waals surface area contributed by atoms with Crippen molar-refractivity contribution in [3.8, 4) is 0 Å². The molecule has 0 aliphatic heterocycles. The van der Waals surface area contributed by atoms with Gasteiger partial charge in [-0.1, -0.05) is 0 Å². The van der Waals surface area contributed by atoms with Crippen LogP contribution in [0.2, 0.25) is 0 Å². The number of aryl methyl sites for hydroxylation is 1. The highest BCUT2D eigenvalue weighted by atomic mass is 32.1. The molecular weight excluding hydrogens is 327 g/mol. The molecule has 1 aromatic carbocycles. The van der Waals surface area contributed by atoms with Gasteiger partial charge < -0.3 is 10.1 Å². The molecule has 7 heteroatoms. The molecule has 1 amide bonds. The molecular formula is C16H16F3NO2S. The first-order chi connectivity index (χ1) is 10.8. The van der Waals surface area contributed by atoms with Crippen molar-refractivity contribution in [1.82, 2.24) is 5.32 Å². The van der Waals surface area contributed by atoms with Gasteiger partial charge in [-0.2, -0.15) is 13.2 Å². The number of rotatable bonds is 5. The van der Waals surface area contributed by atoms with Crippen LogP contribution < -0.4 is 5.32 Å². The van der Waals surface area contributed by atoms with Crippen molar-refractivity contribution < 1.29 is 22.7 Å². The Morgan fingerprint density at radius 3 is 2.35 bits per heavy atom. The van der Waals surface area contributed by atoms with Crippen LogP contribution >= 0.6 is 11.3 Å². The van der Waals surface area contributed by atoms with Gasteiger partial charge in [-0.25, -0.2) is 0 Å². The van der Waals surface area contributed by atoms with Crippen LogP contribution in [0.3, 0.4) is 0 Å². The lowest BCUT2D eigenvalue weighted by molar-refractivity contribution is -0.137. The zero-order chi connectivity index (χ0) is 17.0. The number of hydrogen-bond acceptors (Lipinski definition) is 3. The number of ether oxygens (including phenoxy) is 1. The van der Waals surface area contributed by atoms with Crippen molar-refractivity contribution in [3.63, 3.8) is 0 Å². The third kappa shape index (κ3) is 4.56. The molecule has 0 aliphatic carbocycles. The number of alkyl halides is 3. The fourth-order valence-corrected chi connectivity index (χ4v) is 2.98.